The van der Waals surface area contributed by atoms with Gasteiger partial charge in [0.2, 0.25) is 0 Å². The molecular weight excluding hydrogens is 208 g/mol. The van der Waals surface area contributed by atoms with E-state index in [4.69, 9.17) is 0 Å². The Labute approximate surface area is 95.1 Å². The Morgan fingerprint density at radius 2 is 2.00 bits per heavy atom. The molecule has 88 valence electrons. The number of halogens is 2. The van der Waals surface area contributed by atoms with Gasteiger partial charge in [0.25, 0.3) is 5.92 Å². The van der Waals surface area contributed by atoms with Crippen molar-refractivity contribution < 1.29 is 8.78 Å². The molecule has 1 aromatic rings. The van der Waals surface area contributed by atoms with Crippen molar-refractivity contribution in [2.75, 3.05) is 13.1 Å². The first-order chi connectivity index (χ1) is 7.55. The first kappa shape index (κ1) is 11.5. The zero-order valence-corrected chi connectivity index (χ0v) is 9.50. The number of piperidine rings is 1. The summed E-state index contributed by atoms with van der Waals surface area (Å²) in [4.78, 5) is 1.85. The van der Waals surface area contributed by atoms with Gasteiger partial charge in [0.15, 0.2) is 0 Å². The third-order valence-corrected chi connectivity index (χ3v) is 2.92. The number of alkyl halides is 2. The Balaban J connectivity index is 2.00. The predicted octanol–water partition coefficient (Wildman–Crippen LogP) is 3.16. The standard InChI is InChI=1S/C13H17F2N/c1-11-7-13(14,15)10-16(8-11)9-12-5-3-2-4-6-12/h2-6,11H,7-10H2,1H3. The fourth-order valence-corrected chi connectivity index (χ4v) is 2.43. The minimum Gasteiger partial charge on any atom is -0.293 e. The number of rotatable bonds is 2. The highest BCUT2D eigenvalue weighted by molar-refractivity contribution is 5.14. The average molecular weight is 225 g/mol. The van der Waals surface area contributed by atoms with Crippen molar-refractivity contribution >= 4 is 0 Å². The third-order valence-electron chi connectivity index (χ3n) is 2.92. The van der Waals surface area contributed by atoms with Crippen LogP contribution in [0.3, 0.4) is 0 Å². The number of likely N-dealkylation sites (tertiary alicyclic amines) is 1. The summed E-state index contributed by atoms with van der Waals surface area (Å²) in [6.45, 7) is 3.18. The number of nitrogens with zero attached hydrogens (tertiary/aromatic N) is 1. The Kier molecular flexibility index (Phi) is 3.24. The van der Waals surface area contributed by atoms with Crippen molar-refractivity contribution in [2.45, 2.75) is 25.8 Å². The van der Waals surface area contributed by atoms with Gasteiger partial charge in [0.05, 0.1) is 6.54 Å². The second kappa shape index (κ2) is 4.50. The highest BCUT2D eigenvalue weighted by Crippen LogP contribution is 2.30. The van der Waals surface area contributed by atoms with Crippen LogP contribution in [0.2, 0.25) is 0 Å². The molecule has 1 atom stereocenters. The molecule has 1 nitrogen and oxygen atoms in total. The lowest BCUT2D eigenvalue weighted by Crippen LogP contribution is -2.45. The van der Waals surface area contributed by atoms with E-state index in [1.807, 2.05) is 42.2 Å². The molecule has 0 N–H and O–H groups in total. The van der Waals surface area contributed by atoms with E-state index in [9.17, 15) is 8.78 Å². The summed E-state index contributed by atoms with van der Waals surface area (Å²) in [7, 11) is 0. The molecule has 2 rings (SSSR count). The van der Waals surface area contributed by atoms with Crippen LogP contribution in [0, 0.1) is 5.92 Å². The van der Waals surface area contributed by atoms with Crippen LogP contribution in [0.5, 0.6) is 0 Å². The molecule has 1 aliphatic rings. The largest absolute Gasteiger partial charge is 0.293 e. The van der Waals surface area contributed by atoms with E-state index in [1.165, 1.54) is 0 Å². The molecule has 0 spiro atoms. The molecule has 16 heavy (non-hydrogen) atoms. The Morgan fingerprint density at radius 3 is 2.62 bits per heavy atom. The maximum atomic E-state index is 13.4. The highest BCUT2D eigenvalue weighted by Gasteiger charge is 2.38. The van der Waals surface area contributed by atoms with E-state index in [0.29, 0.717) is 6.54 Å². The molecule has 0 aliphatic carbocycles. The summed E-state index contributed by atoms with van der Waals surface area (Å²) >= 11 is 0. The van der Waals surface area contributed by atoms with Gasteiger partial charge in [-0.2, -0.15) is 0 Å². The molecule has 0 radical (unpaired) electrons. The van der Waals surface area contributed by atoms with Crippen molar-refractivity contribution in [3.05, 3.63) is 35.9 Å². The molecule has 0 saturated carbocycles. The minimum absolute atomic E-state index is 0.0261. The lowest BCUT2D eigenvalue weighted by atomic mass is 9.96. The summed E-state index contributed by atoms with van der Waals surface area (Å²) in [5, 5.41) is 0. The lowest BCUT2D eigenvalue weighted by molar-refractivity contribution is -0.0836. The van der Waals surface area contributed by atoms with Crippen molar-refractivity contribution in [3.8, 4) is 0 Å². The van der Waals surface area contributed by atoms with Crippen molar-refractivity contribution in [1.82, 2.24) is 4.90 Å². The SMILES string of the molecule is CC1CN(Cc2ccccc2)CC(F)(F)C1. The van der Waals surface area contributed by atoms with E-state index in [-0.39, 0.29) is 18.9 Å². The highest BCUT2D eigenvalue weighted by atomic mass is 19.3. The fourth-order valence-electron chi connectivity index (χ4n) is 2.43. The van der Waals surface area contributed by atoms with E-state index < -0.39 is 5.92 Å². The lowest BCUT2D eigenvalue weighted by Gasteiger charge is -2.36. The molecule has 3 heteroatoms. The molecule has 1 aliphatic heterocycles. The molecule has 0 aromatic heterocycles. The monoisotopic (exact) mass is 225 g/mol. The Morgan fingerprint density at radius 1 is 1.31 bits per heavy atom. The number of hydrogen-bond donors (Lipinski definition) is 0. The van der Waals surface area contributed by atoms with E-state index >= 15 is 0 Å². The van der Waals surface area contributed by atoms with Crippen LogP contribution in [0.4, 0.5) is 8.78 Å². The van der Waals surface area contributed by atoms with Gasteiger partial charge in [-0.1, -0.05) is 37.3 Å². The van der Waals surface area contributed by atoms with Crippen molar-refractivity contribution in [3.63, 3.8) is 0 Å². The van der Waals surface area contributed by atoms with Crippen LogP contribution in [-0.4, -0.2) is 23.9 Å². The van der Waals surface area contributed by atoms with Crippen LogP contribution in [0.1, 0.15) is 18.9 Å². The fraction of sp³-hybridized carbons (Fsp3) is 0.538. The third kappa shape index (κ3) is 3.01. The quantitative estimate of drug-likeness (QED) is 0.747. The number of hydrogen-bond acceptors (Lipinski definition) is 1. The summed E-state index contributed by atoms with van der Waals surface area (Å²) in [5.41, 5.74) is 1.10. The van der Waals surface area contributed by atoms with E-state index in [1.54, 1.807) is 0 Å². The van der Waals surface area contributed by atoms with Gasteiger partial charge in [-0.3, -0.25) is 4.90 Å². The van der Waals surface area contributed by atoms with Gasteiger partial charge < -0.3 is 0 Å². The van der Waals surface area contributed by atoms with Crippen LogP contribution in [0.15, 0.2) is 30.3 Å². The van der Waals surface area contributed by atoms with E-state index in [2.05, 4.69) is 0 Å². The molecule has 1 fully saturated rings. The number of benzene rings is 1. The smallest absolute Gasteiger partial charge is 0.260 e. The topological polar surface area (TPSA) is 3.24 Å². The molecule has 0 amide bonds. The van der Waals surface area contributed by atoms with Gasteiger partial charge in [0.1, 0.15) is 0 Å². The molecule has 1 heterocycles. The van der Waals surface area contributed by atoms with Crippen molar-refractivity contribution in [2.24, 2.45) is 5.92 Å². The van der Waals surface area contributed by atoms with Crippen LogP contribution in [0.25, 0.3) is 0 Å². The van der Waals surface area contributed by atoms with Gasteiger partial charge >= 0.3 is 0 Å². The van der Waals surface area contributed by atoms with Gasteiger partial charge in [-0.25, -0.2) is 8.78 Å². The van der Waals surface area contributed by atoms with Gasteiger partial charge in [0, 0.05) is 19.5 Å². The summed E-state index contributed by atoms with van der Waals surface area (Å²) in [5.74, 6) is -2.45. The molecule has 1 aromatic carbocycles. The van der Waals surface area contributed by atoms with Gasteiger partial charge in [-0.05, 0) is 11.5 Å². The second-order valence-corrected chi connectivity index (χ2v) is 4.82. The molecular formula is C13H17F2N. The van der Waals surface area contributed by atoms with Crippen LogP contribution in [-0.2, 0) is 6.54 Å². The maximum Gasteiger partial charge on any atom is 0.260 e. The molecule has 1 saturated heterocycles. The summed E-state index contributed by atoms with van der Waals surface area (Å²) in [6, 6.07) is 9.80. The normalized spacial score (nSPS) is 25.6. The predicted molar refractivity (Wildman–Crippen MR) is 60.4 cm³/mol. The second-order valence-electron chi connectivity index (χ2n) is 4.82. The molecule has 0 bridgehead atoms. The minimum atomic E-state index is -2.52. The van der Waals surface area contributed by atoms with Crippen molar-refractivity contribution in [1.29, 1.82) is 0 Å². The summed E-state index contributed by atoms with van der Waals surface area (Å²) < 4.78 is 26.7. The average Bonchev–Trinajstić information content (AvgIpc) is 2.15. The zero-order chi connectivity index (χ0) is 11.6. The van der Waals surface area contributed by atoms with Crippen LogP contribution < -0.4 is 0 Å². The molecule has 1 unspecified atom stereocenters. The zero-order valence-electron chi connectivity index (χ0n) is 9.50. The Hall–Kier alpha value is -0.960. The first-order valence-corrected chi connectivity index (χ1v) is 5.69. The van der Waals surface area contributed by atoms with E-state index in [0.717, 1.165) is 12.1 Å². The van der Waals surface area contributed by atoms with Crippen LogP contribution >= 0.6 is 0 Å². The maximum absolute atomic E-state index is 13.4. The first-order valence-electron chi connectivity index (χ1n) is 5.69. The Bertz CT molecular complexity index is 337. The summed E-state index contributed by atoms with van der Waals surface area (Å²) in [6.07, 6.45) is 0.0261. The van der Waals surface area contributed by atoms with Gasteiger partial charge in [-0.15, -0.1) is 0 Å².